The number of carbonyl (C=O) groups excluding carboxylic acids is 2. The van der Waals surface area contributed by atoms with Crippen molar-refractivity contribution in [2.45, 2.75) is 64.3 Å². The van der Waals surface area contributed by atoms with Crippen LogP contribution in [0.5, 0.6) is 0 Å². The zero-order valence-corrected chi connectivity index (χ0v) is 17.3. The number of imidazole rings is 1. The fraction of sp³-hybridized carbons (Fsp3) is 0.609. The van der Waals surface area contributed by atoms with Crippen molar-refractivity contribution < 1.29 is 9.59 Å². The molecule has 29 heavy (non-hydrogen) atoms. The van der Waals surface area contributed by atoms with Crippen molar-refractivity contribution in [3.63, 3.8) is 0 Å². The molecule has 2 N–H and O–H groups in total. The largest absolute Gasteiger partial charge is 0.353 e. The number of nitrogens with one attached hydrogen (secondary N) is 2. The van der Waals surface area contributed by atoms with E-state index in [0.717, 1.165) is 74.4 Å². The second-order valence-electron chi connectivity index (χ2n) is 8.82. The normalized spacial score (nSPS) is 23.3. The van der Waals surface area contributed by atoms with E-state index in [2.05, 4.69) is 27.1 Å². The van der Waals surface area contributed by atoms with Crippen molar-refractivity contribution in [2.75, 3.05) is 13.1 Å². The number of aromatic amines is 1. The number of amides is 2. The summed E-state index contributed by atoms with van der Waals surface area (Å²) in [5.41, 5.74) is 1.95. The first-order valence-corrected chi connectivity index (χ1v) is 11.1. The average molecular weight is 397 g/mol. The van der Waals surface area contributed by atoms with Crippen LogP contribution in [-0.2, 0) is 16.0 Å². The van der Waals surface area contributed by atoms with Crippen LogP contribution in [0.4, 0.5) is 0 Å². The third kappa shape index (κ3) is 4.98. The van der Waals surface area contributed by atoms with Gasteiger partial charge in [-0.25, -0.2) is 4.98 Å². The fourth-order valence-electron chi connectivity index (χ4n) is 4.63. The topological polar surface area (TPSA) is 78.1 Å². The van der Waals surface area contributed by atoms with Gasteiger partial charge in [-0.05, 0) is 56.6 Å². The maximum absolute atomic E-state index is 12.8. The van der Waals surface area contributed by atoms with Crippen LogP contribution < -0.4 is 5.32 Å². The molecule has 2 fully saturated rings. The van der Waals surface area contributed by atoms with Crippen molar-refractivity contribution >= 4 is 22.8 Å². The first-order valence-electron chi connectivity index (χ1n) is 11.1. The van der Waals surface area contributed by atoms with Gasteiger partial charge in [-0.3, -0.25) is 9.59 Å². The zero-order valence-electron chi connectivity index (χ0n) is 17.3. The minimum absolute atomic E-state index is 0.0743. The standard InChI is InChI=1S/C23H32N4O2/c1-16-12-14-27(15-13-16)23(29)17-6-8-18(9-7-17)24-22(28)11-10-21-25-19-4-2-3-5-20(19)26-21/h2-5,16-18H,6-15H2,1H3,(H,24,28)(H,25,26). The molecule has 0 spiro atoms. The molecule has 2 aliphatic rings. The molecular formula is C23H32N4O2. The molecule has 0 radical (unpaired) electrons. The van der Waals surface area contributed by atoms with Crippen molar-refractivity contribution in [3.05, 3.63) is 30.1 Å². The van der Waals surface area contributed by atoms with Gasteiger partial charge in [0, 0.05) is 37.9 Å². The Morgan fingerprint density at radius 1 is 1.10 bits per heavy atom. The number of H-pyrrole nitrogens is 1. The van der Waals surface area contributed by atoms with Gasteiger partial charge in [0.05, 0.1) is 11.0 Å². The van der Waals surface area contributed by atoms with Gasteiger partial charge in [0.15, 0.2) is 0 Å². The van der Waals surface area contributed by atoms with E-state index in [1.54, 1.807) is 0 Å². The number of aromatic nitrogens is 2. The monoisotopic (exact) mass is 396 g/mol. The molecule has 1 saturated carbocycles. The van der Waals surface area contributed by atoms with E-state index in [0.29, 0.717) is 18.7 Å². The van der Waals surface area contributed by atoms with Crippen LogP contribution in [0.1, 0.15) is 57.7 Å². The molecule has 1 aromatic heterocycles. The molecule has 1 aromatic carbocycles. The minimum atomic E-state index is 0.0743. The molecule has 6 nitrogen and oxygen atoms in total. The minimum Gasteiger partial charge on any atom is -0.353 e. The van der Waals surface area contributed by atoms with Crippen molar-refractivity contribution in [1.82, 2.24) is 20.2 Å². The average Bonchev–Trinajstić information content (AvgIpc) is 3.16. The van der Waals surface area contributed by atoms with Gasteiger partial charge in [-0.15, -0.1) is 0 Å². The summed E-state index contributed by atoms with van der Waals surface area (Å²) in [7, 11) is 0. The maximum atomic E-state index is 12.8. The molecule has 6 heteroatoms. The summed E-state index contributed by atoms with van der Waals surface area (Å²) in [4.78, 5) is 35.0. The van der Waals surface area contributed by atoms with Gasteiger partial charge >= 0.3 is 0 Å². The molecule has 0 bridgehead atoms. The molecule has 2 amide bonds. The number of hydrogen-bond acceptors (Lipinski definition) is 3. The van der Waals surface area contributed by atoms with E-state index in [-0.39, 0.29) is 17.9 Å². The Balaban J connectivity index is 1.19. The summed E-state index contributed by atoms with van der Waals surface area (Å²) in [6.07, 6.45) is 6.88. The van der Waals surface area contributed by atoms with Crippen LogP contribution in [0.15, 0.2) is 24.3 Å². The number of fused-ring (bicyclic) bond motifs is 1. The fourth-order valence-corrected chi connectivity index (χ4v) is 4.63. The number of aryl methyl sites for hydroxylation is 1. The van der Waals surface area contributed by atoms with E-state index in [9.17, 15) is 9.59 Å². The third-order valence-electron chi connectivity index (χ3n) is 6.56. The summed E-state index contributed by atoms with van der Waals surface area (Å²) in [5, 5.41) is 3.16. The van der Waals surface area contributed by atoms with Gasteiger partial charge in [0.25, 0.3) is 0 Å². The SMILES string of the molecule is CC1CCN(C(=O)C2CCC(NC(=O)CCc3nc4ccccc4[nH]3)CC2)CC1. The van der Waals surface area contributed by atoms with Gasteiger partial charge in [-0.2, -0.15) is 0 Å². The Bertz CT molecular complexity index is 812. The molecule has 1 aliphatic carbocycles. The highest BCUT2D eigenvalue weighted by molar-refractivity contribution is 5.79. The number of nitrogens with zero attached hydrogens (tertiary/aromatic N) is 2. The molecule has 2 aromatic rings. The quantitative estimate of drug-likeness (QED) is 0.813. The number of carbonyl (C=O) groups is 2. The summed E-state index contributed by atoms with van der Waals surface area (Å²) in [6, 6.07) is 8.11. The zero-order chi connectivity index (χ0) is 20.2. The highest BCUT2D eigenvalue weighted by Gasteiger charge is 2.31. The van der Waals surface area contributed by atoms with E-state index >= 15 is 0 Å². The molecule has 0 atom stereocenters. The smallest absolute Gasteiger partial charge is 0.225 e. The second kappa shape index (κ2) is 8.97. The van der Waals surface area contributed by atoms with E-state index in [4.69, 9.17) is 0 Å². The Morgan fingerprint density at radius 3 is 2.55 bits per heavy atom. The summed E-state index contributed by atoms with van der Waals surface area (Å²) >= 11 is 0. The van der Waals surface area contributed by atoms with Crippen molar-refractivity contribution in [1.29, 1.82) is 0 Å². The van der Waals surface area contributed by atoms with Crippen LogP contribution in [0.25, 0.3) is 11.0 Å². The van der Waals surface area contributed by atoms with Gasteiger partial charge in [0.1, 0.15) is 5.82 Å². The first kappa shape index (κ1) is 19.9. The molecule has 156 valence electrons. The van der Waals surface area contributed by atoms with Crippen LogP contribution in [0, 0.1) is 11.8 Å². The summed E-state index contributed by atoms with van der Waals surface area (Å²) in [6.45, 7) is 4.10. The molecule has 4 rings (SSSR count). The van der Waals surface area contributed by atoms with Crippen LogP contribution in [-0.4, -0.2) is 45.8 Å². The third-order valence-corrected chi connectivity index (χ3v) is 6.56. The lowest BCUT2D eigenvalue weighted by molar-refractivity contribution is -0.138. The predicted octanol–water partition coefficient (Wildman–Crippen LogP) is 3.43. The first-order chi connectivity index (χ1) is 14.1. The van der Waals surface area contributed by atoms with Crippen LogP contribution in [0.2, 0.25) is 0 Å². The Labute approximate surface area is 172 Å². The lowest BCUT2D eigenvalue weighted by Gasteiger charge is -2.35. The van der Waals surface area contributed by atoms with Crippen molar-refractivity contribution in [3.8, 4) is 0 Å². The summed E-state index contributed by atoms with van der Waals surface area (Å²) in [5.74, 6) is 2.15. The Hall–Kier alpha value is -2.37. The number of likely N-dealkylation sites (tertiary alicyclic amines) is 1. The van der Waals surface area contributed by atoms with Crippen LogP contribution >= 0.6 is 0 Å². The van der Waals surface area contributed by atoms with Gasteiger partial charge in [0.2, 0.25) is 11.8 Å². The Morgan fingerprint density at radius 2 is 1.83 bits per heavy atom. The number of para-hydroxylation sites is 2. The van der Waals surface area contributed by atoms with Crippen LogP contribution in [0.3, 0.4) is 0 Å². The van der Waals surface area contributed by atoms with E-state index < -0.39 is 0 Å². The van der Waals surface area contributed by atoms with E-state index in [1.165, 1.54) is 0 Å². The molecule has 2 heterocycles. The van der Waals surface area contributed by atoms with Crippen molar-refractivity contribution in [2.24, 2.45) is 11.8 Å². The maximum Gasteiger partial charge on any atom is 0.225 e. The number of rotatable bonds is 5. The van der Waals surface area contributed by atoms with Gasteiger partial charge < -0.3 is 15.2 Å². The van der Waals surface area contributed by atoms with E-state index in [1.807, 2.05) is 24.3 Å². The highest BCUT2D eigenvalue weighted by Crippen LogP contribution is 2.28. The lowest BCUT2D eigenvalue weighted by Crippen LogP contribution is -2.44. The lowest BCUT2D eigenvalue weighted by atomic mass is 9.84. The second-order valence-corrected chi connectivity index (χ2v) is 8.82. The number of piperidine rings is 1. The molecule has 1 aliphatic heterocycles. The highest BCUT2D eigenvalue weighted by atomic mass is 16.2. The molecular weight excluding hydrogens is 364 g/mol. The molecule has 1 saturated heterocycles. The molecule has 0 unspecified atom stereocenters. The summed E-state index contributed by atoms with van der Waals surface area (Å²) < 4.78 is 0. The predicted molar refractivity (Wildman–Crippen MR) is 113 cm³/mol. The van der Waals surface area contributed by atoms with Gasteiger partial charge in [-0.1, -0.05) is 19.1 Å². The number of benzene rings is 1. The number of hydrogen-bond donors (Lipinski definition) is 2. The Kier molecular flexibility index (Phi) is 6.16.